The smallest absolute Gasteiger partial charge is 0.410 e. The van der Waals surface area contributed by atoms with Crippen LogP contribution in [0.3, 0.4) is 0 Å². The van der Waals surface area contributed by atoms with Gasteiger partial charge in [0.15, 0.2) is 11.6 Å². The molecule has 0 atom stereocenters. The highest BCUT2D eigenvalue weighted by Gasteiger charge is 2.26. The van der Waals surface area contributed by atoms with E-state index >= 15 is 0 Å². The van der Waals surface area contributed by atoms with Crippen LogP contribution >= 0.6 is 0 Å². The lowest BCUT2D eigenvalue weighted by Crippen LogP contribution is -2.42. The van der Waals surface area contributed by atoms with Crippen LogP contribution in [-0.2, 0) is 14.6 Å². The minimum absolute atomic E-state index is 0.0548. The molecule has 11 nitrogen and oxygen atoms in total. The number of pyridine rings is 2. The number of nitrogens with one attached hydrogen (secondary N) is 1. The number of sulfone groups is 1. The molecule has 0 aromatic carbocycles. The lowest BCUT2D eigenvalue weighted by molar-refractivity contribution is 0.0511. The van der Waals surface area contributed by atoms with Crippen molar-refractivity contribution < 1.29 is 27.4 Å². The molecule has 3 rings (SSSR count). The second-order valence-corrected chi connectivity index (χ2v) is 11.7. The lowest BCUT2D eigenvalue weighted by atomic mass is 10.1. The zero-order chi connectivity index (χ0) is 27.2. The third-order valence-electron chi connectivity index (χ3n) is 5.92. The molecule has 1 N–H and O–H groups in total. The first-order valence-electron chi connectivity index (χ1n) is 12.3. The van der Waals surface area contributed by atoms with E-state index in [0.717, 1.165) is 11.4 Å². The van der Waals surface area contributed by atoms with Crippen molar-refractivity contribution in [1.82, 2.24) is 14.9 Å². The van der Waals surface area contributed by atoms with Crippen molar-refractivity contribution in [2.75, 3.05) is 56.0 Å². The van der Waals surface area contributed by atoms with Gasteiger partial charge in [-0.15, -0.1) is 0 Å². The standard InChI is InChI=1S/C25H37N5O6S/c1-17(2)35-25(31)30-13-10-19(11-14-30)36-21-9-12-26-24(23(21)34-5)28-20-7-8-22(27-18(20)3)29(4)15-16-37(6,32)33/h7-9,12,17,19H,10-11,13-16H2,1-6H3,(H,26,28). The number of ether oxygens (including phenoxy) is 3. The summed E-state index contributed by atoms with van der Waals surface area (Å²) in [7, 11) is 0.310. The Hall–Kier alpha value is -3.28. The molecule has 0 saturated carbocycles. The number of aromatic nitrogens is 2. The number of rotatable bonds is 10. The Morgan fingerprint density at radius 2 is 1.95 bits per heavy atom. The first-order valence-corrected chi connectivity index (χ1v) is 14.3. The minimum Gasteiger partial charge on any atom is -0.490 e. The second-order valence-electron chi connectivity index (χ2n) is 9.41. The van der Waals surface area contributed by atoms with Crippen LogP contribution in [0.4, 0.5) is 22.1 Å². The van der Waals surface area contributed by atoms with Gasteiger partial charge in [-0.3, -0.25) is 0 Å². The molecular weight excluding hydrogens is 498 g/mol. The topological polar surface area (TPSA) is 123 Å². The molecule has 0 spiro atoms. The quantitative estimate of drug-likeness (QED) is 0.484. The maximum Gasteiger partial charge on any atom is 0.410 e. The molecule has 3 heterocycles. The summed E-state index contributed by atoms with van der Waals surface area (Å²) in [5.74, 6) is 2.25. The number of carbonyl (C=O) groups is 1. The molecule has 0 aliphatic carbocycles. The molecule has 12 heteroatoms. The monoisotopic (exact) mass is 535 g/mol. The second kappa shape index (κ2) is 12.3. The van der Waals surface area contributed by atoms with Gasteiger partial charge in [0.25, 0.3) is 0 Å². The number of piperidine rings is 1. The predicted molar refractivity (Wildman–Crippen MR) is 143 cm³/mol. The molecule has 0 radical (unpaired) electrons. The summed E-state index contributed by atoms with van der Waals surface area (Å²) in [4.78, 5) is 24.7. The van der Waals surface area contributed by atoms with Gasteiger partial charge in [-0.2, -0.15) is 0 Å². The van der Waals surface area contributed by atoms with Crippen LogP contribution in [0.5, 0.6) is 11.5 Å². The maximum atomic E-state index is 12.1. The predicted octanol–water partition coefficient (Wildman–Crippen LogP) is 3.41. The Morgan fingerprint density at radius 3 is 2.54 bits per heavy atom. The number of nitrogens with zero attached hydrogens (tertiary/aromatic N) is 4. The van der Waals surface area contributed by atoms with Gasteiger partial charge in [0.05, 0.1) is 30.3 Å². The van der Waals surface area contributed by atoms with Crippen molar-refractivity contribution in [2.45, 2.75) is 45.8 Å². The Labute approximate surface area is 219 Å². The number of likely N-dealkylation sites (tertiary alicyclic amines) is 1. The van der Waals surface area contributed by atoms with Crippen LogP contribution in [0.25, 0.3) is 0 Å². The summed E-state index contributed by atoms with van der Waals surface area (Å²) >= 11 is 0. The average molecular weight is 536 g/mol. The number of amides is 1. The van der Waals surface area contributed by atoms with Crippen LogP contribution in [0, 0.1) is 6.92 Å². The van der Waals surface area contributed by atoms with Crippen molar-refractivity contribution in [3.63, 3.8) is 0 Å². The van der Waals surface area contributed by atoms with Gasteiger partial charge in [0.1, 0.15) is 21.8 Å². The first-order chi connectivity index (χ1) is 17.5. The molecule has 0 unspecified atom stereocenters. The zero-order valence-electron chi connectivity index (χ0n) is 22.4. The number of methoxy groups -OCH3 is 1. The number of aryl methyl sites for hydroxylation is 1. The molecule has 1 fully saturated rings. The van der Waals surface area contributed by atoms with Crippen molar-refractivity contribution in [1.29, 1.82) is 0 Å². The summed E-state index contributed by atoms with van der Waals surface area (Å²) in [6, 6.07) is 5.45. The van der Waals surface area contributed by atoms with Gasteiger partial charge in [0.2, 0.25) is 5.75 Å². The molecule has 2 aromatic rings. The third kappa shape index (κ3) is 8.11. The molecule has 1 saturated heterocycles. The molecule has 37 heavy (non-hydrogen) atoms. The highest BCUT2D eigenvalue weighted by molar-refractivity contribution is 7.90. The van der Waals surface area contributed by atoms with E-state index in [1.165, 1.54) is 6.26 Å². The lowest BCUT2D eigenvalue weighted by Gasteiger charge is -2.32. The van der Waals surface area contributed by atoms with Crippen molar-refractivity contribution in [2.24, 2.45) is 0 Å². The van der Waals surface area contributed by atoms with Crippen LogP contribution in [0.2, 0.25) is 0 Å². The van der Waals surface area contributed by atoms with Gasteiger partial charge < -0.3 is 29.3 Å². The largest absolute Gasteiger partial charge is 0.490 e. The average Bonchev–Trinajstić information content (AvgIpc) is 2.83. The fraction of sp³-hybridized carbons (Fsp3) is 0.560. The maximum absolute atomic E-state index is 12.1. The number of hydrogen-bond donors (Lipinski definition) is 1. The Morgan fingerprint density at radius 1 is 1.24 bits per heavy atom. The fourth-order valence-electron chi connectivity index (χ4n) is 3.86. The Bertz CT molecular complexity index is 1180. The van der Waals surface area contributed by atoms with Crippen LogP contribution in [0.15, 0.2) is 24.4 Å². The molecule has 0 bridgehead atoms. The molecule has 204 valence electrons. The van der Waals surface area contributed by atoms with E-state index in [1.54, 1.807) is 29.2 Å². The summed E-state index contributed by atoms with van der Waals surface area (Å²) in [6.45, 7) is 7.00. The van der Waals surface area contributed by atoms with E-state index in [1.807, 2.05) is 40.0 Å². The van der Waals surface area contributed by atoms with Crippen LogP contribution < -0.4 is 19.7 Å². The molecular formula is C25H37N5O6S. The van der Waals surface area contributed by atoms with Crippen molar-refractivity contribution in [3.05, 3.63) is 30.1 Å². The highest BCUT2D eigenvalue weighted by atomic mass is 32.2. The number of carbonyl (C=O) groups excluding carboxylic acids is 1. The van der Waals surface area contributed by atoms with Crippen molar-refractivity contribution in [3.8, 4) is 11.5 Å². The summed E-state index contributed by atoms with van der Waals surface area (Å²) in [6.07, 6.45) is 3.71. The molecule has 1 aliphatic rings. The normalized spacial score (nSPS) is 14.4. The van der Waals surface area contributed by atoms with E-state index in [0.29, 0.717) is 55.6 Å². The Balaban J connectivity index is 1.67. The minimum atomic E-state index is -3.06. The number of hydrogen-bond acceptors (Lipinski definition) is 10. The van der Waals surface area contributed by atoms with Gasteiger partial charge in [-0.1, -0.05) is 0 Å². The third-order valence-corrected chi connectivity index (χ3v) is 6.84. The van der Waals surface area contributed by atoms with Crippen molar-refractivity contribution >= 4 is 33.3 Å². The first kappa shape index (κ1) is 28.3. The van der Waals surface area contributed by atoms with Crippen LogP contribution in [-0.4, -0.2) is 87.4 Å². The molecule has 1 aliphatic heterocycles. The van der Waals surface area contributed by atoms with E-state index in [9.17, 15) is 13.2 Å². The van der Waals surface area contributed by atoms with Gasteiger partial charge >= 0.3 is 6.09 Å². The van der Waals surface area contributed by atoms with Gasteiger partial charge in [0, 0.05) is 58.0 Å². The van der Waals surface area contributed by atoms with E-state index in [2.05, 4.69) is 15.3 Å². The van der Waals surface area contributed by atoms with E-state index in [4.69, 9.17) is 14.2 Å². The van der Waals surface area contributed by atoms with E-state index < -0.39 is 9.84 Å². The molecule has 1 amide bonds. The zero-order valence-corrected chi connectivity index (χ0v) is 23.2. The summed E-state index contributed by atoms with van der Waals surface area (Å²) in [5.41, 5.74) is 1.46. The van der Waals surface area contributed by atoms with Crippen LogP contribution in [0.1, 0.15) is 32.4 Å². The molecule has 2 aromatic heterocycles. The van der Waals surface area contributed by atoms with E-state index in [-0.39, 0.29) is 24.1 Å². The number of anilines is 3. The summed E-state index contributed by atoms with van der Waals surface area (Å²) in [5, 5.41) is 3.27. The summed E-state index contributed by atoms with van der Waals surface area (Å²) < 4.78 is 40.1. The van der Waals surface area contributed by atoms with Gasteiger partial charge in [-0.05, 0) is 32.9 Å². The van der Waals surface area contributed by atoms with Gasteiger partial charge in [-0.25, -0.2) is 23.2 Å². The highest BCUT2D eigenvalue weighted by Crippen LogP contribution is 2.37. The Kier molecular flexibility index (Phi) is 9.41. The SMILES string of the molecule is COc1c(OC2CCN(C(=O)OC(C)C)CC2)ccnc1Nc1ccc(N(C)CCS(C)(=O)=O)nc1C. The fourth-order valence-corrected chi connectivity index (χ4v) is 4.46.